The maximum Gasteiger partial charge on any atom is 0.317 e. The topological polar surface area (TPSA) is 65.0 Å². The third-order valence-corrected chi connectivity index (χ3v) is 7.37. The second kappa shape index (κ2) is 10.6. The fourth-order valence-electron chi connectivity index (χ4n) is 4.88. The number of likely N-dealkylation sites (tertiary alicyclic amines) is 2. The molecule has 6 nitrogen and oxygen atoms in total. The van der Waals surface area contributed by atoms with Crippen LogP contribution in [0.2, 0.25) is 0 Å². The zero-order valence-corrected chi connectivity index (χ0v) is 18.0. The third kappa shape index (κ3) is 5.06. The summed E-state index contributed by atoms with van der Waals surface area (Å²) >= 11 is 1.72. The van der Waals surface area contributed by atoms with Crippen LogP contribution in [0.4, 0.5) is 4.79 Å². The van der Waals surface area contributed by atoms with E-state index in [1.807, 2.05) is 11.0 Å². The van der Waals surface area contributed by atoms with Crippen molar-refractivity contribution >= 4 is 17.4 Å². The summed E-state index contributed by atoms with van der Waals surface area (Å²) in [4.78, 5) is 18.5. The Hall–Kier alpha value is -1.15. The molecule has 1 aromatic rings. The number of methoxy groups -OCH3 is 1. The quantitative estimate of drug-likeness (QED) is 0.657. The first-order chi connectivity index (χ1) is 13.7. The van der Waals surface area contributed by atoms with Crippen molar-refractivity contribution in [3.8, 4) is 0 Å². The van der Waals surface area contributed by atoms with Gasteiger partial charge >= 0.3 is 6.03 Å². The van der Waals surface area contributed by atoms with Gasteiger partial charge in [0.2, 0.25) is 0 Å². The summed E-state index contributed by atoms with van der Waals surface area (Å²) in [6.07, 6.45) is 4.26. The van der Waals surface area contributed by atoms with E-state index in [1.54, 1.807) is 18.4 Å². The van der Waals surface area contributed by atoms with E-state index >= 15 is 0 Å². The van der Waals surface area contributed by atoms with Crippen LogP contribution in [0.5, 0.6) is 0 Å². The standard InChI is InChI=1S/C21H35N3O3S/c1-3-16-12-24(21(26)22-9-8-18-7-5-11-28-18)20(14-25)19(16)13-23-10-4-6-17(23)15-27-2/h5,7,11,16-17,19-20,25H,3-4,6,8-10,12-15H2,1-2H3,(H,22,26)/t16-,17-,19-,20-/m1/s1. The van der Waals surface area contributed by atoms with Gasteiger partial charge in [0.15, 0.2) is 0 Å². The van der Waals surface area contributed by atoms with E-state index in [2.05, 4.69) is 28.6 Å². The molecule has 2 fully saturated rings. The molecule has 0 unspecified atom stereocenters. The van der Waals surface area contributed by atoms with Gasteiger partial charge in [0.05, 0.1) is 19.3 Å². The zero-order valence-electron chi connectivity index (χ0n) is 17.2. The highest BCUT2D eigenvalue weighted by Crippen LogP contribution is 2.34. The summed E-state index contributed by atoms with van der Waals surface area (Å²) in [5.74, 6) is 0.750. The first-order valence-corrected chi connectivity index (χ1v) is 11.5. The summed E-state index contributed by atoms with van der Waals surface area (Å²) in [6.45, 7) is 6.39. The minimum absolute atomic E-state index is 0.0301. The molecule has 3 rings (SSSR count). The van der Waals surface area contributed by atoms with E-state index in [1.165, 1.54) is 17.7 Å². The molecule has 7 heteroatoms. The molecule has 0 spiro atoms. The largest absolute Gasteiger partial charge is 0.394 e. The Labute approximate surface area is 172 Å². The van der Waals surface area contributed by atoms with Crippen LogP contribution in [0.15, 0.2) is 17.5 Å². The van der Waals surface area contributed by atoms with Crippen LogP contribution in [0, 0.1) is 11.8 Å². The molecule has 0 saturated carbocycles. The van der Waals surface area contributed by atoms with Crippen LogP contribution in [0.25, 0.3) is 0 Å². The van der Waals surface area contributed by atoms with Gasteiger partial charge in [0.1, 0.15) is 0 Å². The number of aliphatic hydroxyl groups excluding tert-OH is 1. The number of rotatable bonds is 9. The van der Waals surface area contributed by atoms with Crippen LogP contribution < -0.4 is 5.32 Å². The number of carbonyl (C=O) groups is 1. The number of aliphatic hydroxyl groups is 1. The van der Waals surface area contributed by atoms with Crippen LogP contribution in [0.3, 0.4) is 0 Å². The molecule has 158 valence electrons. The van der Waals surface area contributed by atoms with Crippen molar-refractivity contribution in [3.63, 3.8) is 0 Å². The van der Waals surface area contributed by atoms with Crippen molar-refractivity contribution in [2.75, 3.05) is 46.5 Å². The predicted molar refractivity (Wildman–Crippen MR) is 113 cm³/mol. The lowest BCUT2D eigenvalue weighted by Crippen LogP contribution is -2.48. The lowest BCUT2D eigenvalue weighted by Gasteiger charge is -2.32. The fourth-order valence-corrected chi connectivity index (χ4v) is 5.58. The van der Waals surface area contributed by atoms with Gasteiger partial charge in [-0.15, -0.1) is 11.3 Å². The Kier molecular flexibility index (Phi) is 8.14. The number of amides is 2. The first kappa shape index (κ1) is 21.6. The monoisotopic (exact) mass is 409 g/mol. The molecule has 2 N–H and O–H groups in total. The average Bonchev–Trinajstić information content (AvgIpc) is 3.43. The Morgan fingerprint density at radius 3 is 3.00 bits per heavy atom. The van der Waals surface area contributed by atoms with Gasteiger partial charge in [-0.3, -0.25) is 4.90 Å². The molecule has 2 aliphatic heterocycles. The minimum atomic E-state index is -0.101. The van der Waals surface area contributed by atoms with E-state index in [0.717, 1.165) is 39.1 Å². The Bertz CT molecular complexity index is 598. The Morgan fingerprint density at radius 2 is 2.32 bits per heavy atom. The van der Waals surface area contributed by atoms with Gasteiger partial charge < -0.3 is 20.1 Å². The molecule has 0 radical (unpaired) electrons. The molecule has 0 aromatic carbocycles. The van der Waals surface area contributed by atoms with Crippen molar-refractivity contribution in [1.82, 2.24) is 15.1 Å². The number of urea groups is 1. The van der Waals surface area contributed by atoms with Crippen molar-refractivity contribution < 1.29 is 14.6 Å². The number of hydrogen-bond acceptors (Lipinski definition) is 5. The minimum Gasteiger partial charge on any atom is -0.394 e. The number of carbonyl (C=O) groups excluding carboxylic acids is 1. The average molecular weight is 410 g/mol. The summed E-state index contributed by atoms with van der Waals surface area (Å²) < 4.78 is 5.40. The number of thiophene rings is 1. The number of hydrogen-bond donors (Lipinski definition) is 2. The maximum absolute atomic E-state index is 12.8. The van der Waals surface area contributed by atoms with Gasteiger partial charge in [-0.1, -0.05) is 19.4 Å². The van der Waals surface area contributed by atoms with E-state index in [-0.39, 0.29) is 18.7 Å². The SMILES string of the molecule is CC[C@@H]1CN(C(=O)NCCc2cccs2)[C@H](CO)[C@@H]1CN1CCC[C@@H]1COC. The number of nitrogens with one attached hydrogen (secondary N) is 1. The van der Waals surface area contributed by atoms with E-state index in [0.29, 0.717) is 24.4 Å². The van der Waals surface area contributed by atoms with Gasteiger partial charge in [0.25, 0.3) is 0 Å². The summed E-state index contributed by atoms with van der Waals surface area (Å²) in [7, 11) is 1.76. The molecule has 3 heterocycles. The predicted octanol–water partition coefficient (Wildman–Crippen LogP) is 2.43. The van der Waals surface area contributed by atoms with E-state index < -0.39 is 0 Å². The molecule has 2 amide bonds. The summed E-state index contributed by atoms with van der Waals surface area (Å²) in [5, 5.41) is 15.2. The zero-order chi connectivity index (χ0) is 19.9. The summed E-state index contributed by atoms with van der Waals surface area (Å²) in [6, 6.07) is 4.46. The van der Waals surface area contributed by atoms with Gasteiger partial charge in [0, 0.05) is 37.7 Å². The second-order valence-electron chi connectivity index (χ2n) is 8.04. The smallest absolute Gasteiger partial charge is 0.317 e. The van der Waals surface area contributed by atoms with Crippen molar-refractivity contribution in [2.24, 2.45) is 11.8 Å². The highest BCUT2D eigenvalue weighted by molar-refractivity contribution is 7.09. The second-order valence-corrected chi connectivity index (χ2v) is 9.07. The molecule has 4 atom stereocenters. The Morgan fingerprint density at radius 1 is 1.46 bits per heavy atom. The van der Waals surface area contributed by atoms with Crippen LogP contribution in [0.1, 0.15) is 31.1 Å². The third-order valence-electron chi connectivity index (χ3n) is 6.43. The Balaban J connectivity index is 1.58. The fraction of sp³-hybridized carbons (Fsp3) is 0.762. The number of ether oxygens (including phenoxy) is 1. The van der Waals surface area contributed by atoms with E-state index in [9.17, 15) is 9.90 Å². The molecular formula is C21H35N3O3S. The highest BCUT2D eigenvalue weighted by atomic mass is 32.1. The lowest BCUT2D eigenvalue weighted by molar-refractivity contribution is 0.0829. The van der Waals surface area contributed by atoms with Crippen molar-refractivity contribution in [1.29, 1.82) is 0 Å². The molecule has 28 heavy (non-hydrogen) atoms. The van der Waals surface area contributed by atoms with Gasteiger partial charge in [-0.2, -0.15) is 0 Å². The van der Waals surface area contributed by atoms with Crippen LogP contribution in [-0.4, -0.2) is 79.5 Å². The van der Waals surface area contributed by atoms with Gasteiger partial charge in [-0.25, -0.2) is 4.79 Å². The molecule has 1 aromatic heterocycles. The molecular weight excluding hydrogens is 374 g/mol. The van der Waals surface area contributed by atoms with Crippen molar-refractivity contribution in [3.05, 3.63) is 22.4 Å². The van der Waals surface area contributed by atoms with Crippen molar-refractivity contribution in [2.45, 2.75) is 44.7 Å². The van der Waals surface area contributed by atoms with Crippen LogP contribution >= 0.6 is 11.3 Å². The molecule has 2 saturated heterocycles. The molecule has 0 bridgehead atoms. The molecule has 2 aliphatic rings. The summed E-state index contributed by atoms with van der Waals surface area (Å²) in [5.41, 5.74) is 0. The lowest BCUT2D eigenvalue weighted by atomic mass is 9.88. The first-order valence-electron chi connectivity index (χ1n) is 10.6. The van der Waals surface area contributed by atoms with Crippen LogP contribution in [-0.2, 0) is 11.2 Å². The normalized spacial score (nSPS) is 28.2. The maximum atomic E-state index is 12.8. The highest BCUT2D eigenvalue weighted by Gasteiger charge is 2.44. The molecule has 0 aliphatic carbocycles. The van der Waals surface area contributed by atoms with Gasteiger partial charge in [-0.05, 0) is 49.1 Å². The van der Waals surface area contributed by atoms with E-state index in [4.69, 9.17) is 4.74 Å². The number of nitrogens with zero attached hydrogens (tertiary/aromatic N) is 2.